The zero-order valence-electron chi connectivity index (χ0n) is 13.5. The molecule has 0 radical (unpaired) electrons. The number of aromatic nitrogens is 1. The maximum absolute atomic E-state index is 12.0. The van der Waals surface area contributed by atoms with E-state index in [2.05, 4.69) is 33.8 Å². The molecule has 2 aromatic rings. The number of anilines is 1. The first-order valence-electron chi connectivity index (χ1n) is 7.89. The summed E-state index contributed by atoms with van der Waals surface area (Å²) in [6.45, 7) is 4.24. The maximum Gasteiger partial charge on any atom is 0.253 e. The van der Waals surface area contributed by atoms with Crippen molar-refractivity contribution >= 4 is 23.0 Å². The molecule has 0 saturated carbocycles. The summed E-state index contributed by atoms with van der Waals surface area (Å²) in [7, 11) is 0. The Morgan fingerprint density at radius 1 is 1.22 bits per heavy atom. The third-order valence-electron chi connectivity index (χ3n) is 4.28. The predicted molar refractivity (Wildman–Crippen MR) is 98.1 cm³/mol. The van der Waals surface area contributed by atoms with Crippen molar-refractivity contribution in [2.75, 3.05) is 5.32 Å². The molecule has 1 aromatic carbocycles. The van der Waals surface area contributed by atoms with Gasteiger partial charge in [0.1, 0.15) is 0 Å². The zero-order valence-corrected chi connectivity index (χ0v) is 14.3. The molecule has 120 valence electrons. The SMILES string of the molecule is Cc1cc(C)c(CNC(=S)Nc2ccc3c(c2)CCC3)c(=O)[nH]1. The predicted octanol–water partition coefficient (Wildman–Crippen LogP) is 2.97. The van der Waals surface area contributed by atoms with E-state index in [4.69, 9.17) is 12.2 Å². The van der Waals surface area contributed by atoms with Gasteiger partial charge in [-0.25, -0.2) is 0 Å². The fourth-order valence-corrected chi connectivity index (χ4v) is 3.28. The summed E-state index contributed by atoms with van der Waals surface area (Å²) < 4.78 is 0. The minimum absolute atomic E-state index is 0.0599. The lowest BCUT2D eigenvalue weighted by Crippen LogP contribution is -2.31. The van der Waals surface area contributed by atoms with Crippen LogP contribution in [0.25, 0.3) is 0 Å². The fourth-order valence-electron chi connectivity index (χ4n) is 3.09. The lowest BCUT2D eigenvalue weighted by Gasteiger charge is -2.12. The van der Waals surface area contributed by atoms with Crippen LogP contribution in [0, 0.1) is 13.8 Å². The van der Waals surface area contributed by atoms with Gasteiger partial charge in [-0.1, -0.05) is 6.07 Å². The molecule has 0 bridgehead atoms. The Bertz CT molecular complexity index is 810. The number of hydrogen-bond donors (Lipinski definition) is 3. The molecule has 5 heteroatoms. The average molecular weight is 327 g/mol. The van der Waals surface area contributed by atoms with E-state index in [-0.39, 0.29) is 5.56 Å². The van der Waals surface area contributed by atoms with E-state index in [9.17, 15) is 4.79 Å². The average Bonchev–Trinajstić information content (AvgIpc) is 2.93. The Kier molecular flexibility index (Phi) is 4.48. The van der Waals surface area contributed by atoms with Crippen molar-refractivity contribution in [3.63, 3.8) is 0 Å². The second-order valence-electron chi connectivity index (χ2n) is 6.09. The first-order chi connectivity index (χ1) is 11.0. The van der Waals surface area contributed by atoms with Crippen molar-refractivity contribution in [1.82, 2.24) is 10.3 Å². The van der Waals surface area contributed by atoms with Gasteiger partial charge < -0.3 is 15.6 Å². The number of nitrogens with one attached hydrogen (secondary N) is 3. The van der Waals surface area contributed by atoms with E-state index in [0.29, 0.717) is 17.2 Å². The summed E-state index contributed by atoms with van der Waals surface area (Å²) in [6, 6.07) is 8.36. The second-order valence-corrected chi connectivity index (χ2v) is 6.50. The van der Waals surface area contributed by atoms with Crippen molar-refractivity contribution in [2.45, 2.75) is 39.7 Å². The summed E-state index contributed by atoms with van der Waals surface area (Å²) in [5, 5.41) is 6.85. The standard InChI is InChI=1S/C18H21N3OS/c1-11-8-12(2)20-17(22)16(11)10-19-18(23)21-15-7-6-13-4-3-5-14(13)9-15/h6-9H,3-5,10H2,1-2H3,(H,20,22)(H2,19,21,23). The topological polar surface area (TPSA) is 56.9 Å². The van der Waals surface area contributed by atoms with E-state index in [1.54, 1.807) is 0 Å². The van der Waals surface area contributed by atoms with Crippen molar-refractivity contribution in [1.29, 1.82) is 0 Å². The number of fused-ring (bicyclic) bond motifs is 1. The van der Waals surface area contributed by atoms with Gasteiger partial charge in [0, 0.05) is 23.5 Å². The molecule has 0 spiro atoms. The van der Waals surface area contributed by atoms with Crippen LogP contribution in [0.4, 0.5) is 5.69 Å². The zero-order chi connectivity index (χ0) is 16.4. The van der Waals surface area contributed by atoms with Crippen LogP contribution >= 0.6 is 12.2 Å². The lowest BCUT2D eigenvalue weighted by molar-refractivity contribution is 0.883. The highest BCUT2D eigenvalue weighted by atomic mass is 32.1. The molecule has 0 fully saturated rings. The molecule has 0 amide bonds. The monoisotopic (exact) mass is 327 g/mol. The van der Waals surface area contributed by atoms with Gasteiger partial charge in [0.15, 0.2) is 5.11 Å². The summed E-state index contributed by atoms with van der Waals surface area (Å²) in [4.78, 5) is 14.8. The molecule has 0 saturated heterocycles. The number of H-pyrrole nitrogens is 1. The number of aromatic amines is 1. The summed E-state index contributed by atoms with van der Waals surface area (Å²) >= 11 is 5.34. The Hall–Kier alpha value is -2.14. The van der Waals surface area contributed by atoms with Gasteiger partial charge in [0.25, 0.3) is 5.56 Å². The van der Waals surface area contributed by atoms with E-state index in [1.165, 1.54) is 24.0 Å². The summed E-state index contributed by atoms with van der Waals surface area (Å²) in [5.74, 6) is 0. The van der Waals surface area contributed by atoms with Crippen LogP contribution in [0.5, 0.6) is 0 Å². The van der Waals surface area contributed by atoms with Crippen LogP contribution < -0.4 is 16.2 Å². The van der Waals surface area contributed by atoms with E-state index < -0.39 is 0 Å². The summed E-state index contributed by atoms with van der Waals surface area (Å²) in [5.41, 5.74) is 6.34. The Balaban J connectivity index is 1.63. The molecule has 0 unspecified atom stereocenters. The normalized spacial score (nSPS) is 12.8. The number of benzene rings is 1. The molecule has 1 aliphatic carbocycles. The Morgan fingerprint density at radius 3 is 2.78 bits per heavy atom. The van der Waals surface area contributed by atoms with Crippen LogP contribution in [0.15, 0.2) is 29.1 Å². The minimum atomic E-state index is -0.0599. The molecule has 0 atom stereocenters. The van der Waals surface area contributed by atoms with Gasteiger partial charge in [0.2, 0.25) is 0 Å². The van der Waals surface area contributed by atoms with Crippen LogP contribution in [0.2, 0.25) is 0 Å². The molecular weight excluding hydrogens is 306 g/mol. The van der Waals surface area contributed by atoms with Crippen LogP contribution in [0.1, 0.15) is 34.4 Å². The molecule has 1 aromatic heterocycles. The molecular formula is C18H21N3OS. The number of thiocarbonyl (C=S) groups is 1. The molecule has 3 N–H and O–H groups in total. The first kappa shape index (κ1) is 15.7. The fraction of sp³-hybridized carbons (Fsp3) is 0.333. The van der Waals surface area contributed by atoms with Crippen LogP contribution in [-0.4, -0.2) is 10.1 Å². The van der Waals surface area contributed by atoms with Gasteiger partial charge in [-0.3, -0.25) is 4.79 Å². The Labute approximate surface area is 141 Å². The first-order valence-corrected chi connectivity index (χ1v) is 8.30. The van der Waals surface area contributed by atoms with E-state index in [0.717, 1.165) is 23.4 Å². The van der Waals surface area contributed by atoms with Crippen LogP contribution in [-0.2, 0) is 19.4 Å². The van der Waals surface area contributed by atoms with Crippen molar-refractivity contribution < 1.29 is 0 Å². The van der Waals surface area contributed by atoms with Crippen molar-refractivity contribution in [2.24, 2.45) is 0 Å². The quantitative estimate of drug-likeness (QED) is 0.759. The molecule has 1 aliphatic rings. The number of rotatable bonds is 3. The highest BCUT2D eigenvalue weighted by Crippen LogP contribution is 2.24. The number of pyridine rings is 1. The van der Waals surface area contributed by atoms with E-state index >= 15 is 0 Å². The van der Waals surface area contributed by atoms with E-state index in [1.807, 2.05) is 19.9 Å². The van der Waals surface area contributed by atoms with Gasteiger partial charge in [-0.05, 0) is 80.2 Å². The molecule has 0 aliphatic heterocycles. The van der Waals surface area contributed by atoms with Gasteiger partial charge in [-0.15, -0.1) is 0 Å². The van der Waals surface area contributed by atoms with Crippen molar-refractivity contribution in [3.8, 4) is 0 Å². The van der Waals surface area contributed by atoms with Gasteiger partial charge in [0.05, 0.1) is 0 Å². The third kappa shape index (κ3) is 3.62. The second kappa shape index (κ2) is 6.54. The highest BCUT2D eigenvalue weighted by Gasteiger charge is 2.11. The number of hydrogen-bond acceptors (Lipinski definition) is 2. The Morgan fingerprint density at radius 2 is 2.00 bits per heavy atom. The van der Waals surface area contributed by atoms with Gasteiger partial charge in [-0.2, -0.15) is 0 Å². The molecule has 23 heavy (non-hydrogen) atoms. The lowest BCUT2D eigenvalue weighted by atomic mass is 10.1. The maximum atomic E-state index is 12.0. The highest BCUT2D eigenvalue weighted by molar-refractivity contribution is 7.80. The third-order valence-corrected chi connectivity index (χ3v) is 4.52. The molecule has 4 nitrogen and oxygen atoms in total. The molecule has 1 heterocycles. The number of aryl methyl sites for hydroxylation is 4. The van der Waals surface area contributed by atoms with Crippen LogP contribution in [0.3, 0.4) is 0 Å². The molecule has 3 rings (SSSR count). The van der Waals surface area contributed by atoms with Gasteiger partial charge >= 0.3 is 0 Å². The smallest absolute Gasteiger partial charge is 0.253 e. The van der Waals surface area contributed by atoms with Crippen molar-refractivity contribution in [3.05, 3.63) is 62.6 Å². The minimum Gasteiger partial charge on any atom is -0.358 e. The largest absolute Gasteiger partial charge is 0.358 e. The summed E-state index contributed by atoms with van der Waals surface area (Å²) in [6.07, 6.45) is 3.55.